The smallest absolute Gasteiger partial charge is 0.200 e. The molecule has 0 radical (unpaired) electrons. The number of rotatable bonds is 6. The van der Waals surface area contributed by atoms with Gasteiger partial charge in [-0.3, -0.25) is 4.79 Å². The van der Waals surface area contributed by atoms with Crippen molar-refractivity contribution >= 4 is 5.78 Å². The zero-order valence-electron chi connectivity index (χ0n) is 17.2. The second-order valence-corrected chi connectivity index (χ2v) is 9.12. The highest BCUT2D eigenvalue weighted by molar-refractivity contribution is 6.12. The van der Waals surface area contributed by atoms with Crippen LogP contribution in [0.2, 0.25) is 0 Å². The fourth-order valence-corrected chi connectivity index (χ4v) is 4.47. The molecule has 2 fully saturated rings. The standard InChI is InChI=1S/C25H30O3/c1-13(2)21-17(15-5-6-15)9-11-19(24(21)27)23(26)20-12-10-18(16-7-8-16)22(14(3)4)25(20)28/h9-16,27-28H,5-8H2,1-4H3. The number of hydrogen-bond acceptors (Lipinski definition) is 3. The summed E-state index contributed by atoms with van der Waals surface area (Å²) in [4.78, 5) is 13.3. The fourth-order valence-electron chi connectivity index (χ4n) is 4.47. The van der Waals surface area contributed by atoms with Crippen LogP contribution in [-0.4, -0.2) is 16.0 Å². The summed E-state index contributed by atoms with van der Waals surface area (Å²) in [6.45, 7) is 8.20. The van der Waals surface area contributed by atoms with Gasteiger partial charge in [-0.05, 0) is 72.6 Å². The van der Waals surface area contributed by atoms with E-state index in [0.29, 0.717) is 11.8 Å². The van der Waals surface area contributed by atoms with Gasteiger partial charge in [0.05, 0.1) is 11.1 Å². The van der Waals surface area contributed by atoms with E-state index >= 15 is 0 Å². The number of carbonyl (C=O) groups excluding carboxylic acids is 1. The minimum absolute atomic E-state index is 0.0844. The molecule has 0 spiro atoms. The van der Waals surface area contributed by atoms with Crippen LogP contribution >= 0.6 is 0 Å². The van der Waals surface area contributed by atoms with Crippen molar-refractivity contribution in [2.45, 2.75) is 77.0 Å². The molecular formula is C25H30O3. The predicted molar refractivity (Wildman–Crippen MR) is 112 cm³/mol. The lowest BCUT2D eigenvalue weighted by atomic mass is 9.86. The van der Waals surface area contributed by atoms with Crippen molar-refractivity contribution < 1.29 is 15.0 Å². The van der Waals surface area contributed by atoms with Gasteiger partial charge in [-0.15, -0.1) is 0 Å². The topological polar surface area (TPSA) is 57.5 Å². The Labute approximate surface area is 167 Å². The maximum atomic E-state index is 13.3. The molecule has 3 nitrogen and oxygen atoms in total. The van der Waals surface area contributed by atoms with Crippen LogP contribution in [0.3, 0.4) is 0 Å². The van der Waals surface area contributed by atoms with Crippen molar-refractivity contribution in [1.82, 2.24) is 0 Å². The van der Waals surface area contributed by atoms with E-state index in [1.807, 2.05) is 39.8 Å². The molecule has 0 heterocycles. The number of carbonyl (C=O) groups is 1. The lowest BCUT2D eigenvalue weighted by molar-refractivity contribution is 0.103. The van der Waals surface area contributed by atoms with Crippen molar-refractivity contribution in [2.24, 2.45) is 0 Å². The normalized spacial score (nSPS) is 16.8. The van der Waals surface area contributed by atoms with Gasteiger partial charge in [0, 0.05) is 11.1 Å². The van der Waals surface area contributed by atoms with Crippen molar-refractivity contribution in [2.75, 3.05) is 0 Å². The maximum absolute atomic E-state index is 13.3. The Bertz CT molecular complexity index is 856. The molecule has 148 valence electrons. The van der Waals surface area contributed by atoms with Crippen LogP contribution in [0, 0.1) is 0 Å². The van der Waals surface area contributed by atoms with E-state index in [9.17, 15) is 15.0 Å². The highest BCUT2D eigenvalue weighted by Gasteiger charge is 2.33. The van der Waals surface area contributed by atoms with Gasteiger partial charge in [-0.1, -0.05) is 39.8 Å². The SMILES string of the molecule is CC(C)c1c(C2CC2)ccc(C(=O)c2ccc(C3CC3)c(C(C)C)c2O)c1O. The molecule has 2 aliphatic carbocycles. The van der Waals surface area contributed by atoms with Gasteiger partial charge in [0.25, 0.3) is 0 Å². The Hall–Kier alpha value is -2.29. The number of phenols is 2. The van der Waals surface area contributed by atoms with Crippen LogP contribution < -0.4 is 0 Å². The van der Waals surface area contributed by atoms with Gasteiger partial charge in [-0.25, -0.2) is 0 Å². The van der Waals surface area contributed by atoms with Crippen molar-refractivity contribution in [3.8, 4) is 11.5 Å². The zero-order chi connectivity index (χ0) is 20.2. The van der Waals surface area contributed by atoms with Crippen LogP contribution in [0.1, 0.15) is 115 Å². The number of hydrogen-bond donors (Lipinski definition) is 2. The summed E-state index contributed by atoms with van der Waals surface area (Å²) in [5.74, 6) is 1.16. The Morgan fingerprint density at radius 2 is 1.11 bits per heavy atom. The molecule has 0 amide bonds. The van der Waals surface area contributed by atoms with E-state index in [1.165, 1.54) is 11.1 Å². The predicted octanol–water partition coefficient (Wildman–Crippen LogP) is 6.33. The average molecular weight is 379 g/mol. The van der Waals surface area contributed by atoms with Gasteiger partial charge in [0.1, 0.15) is 11.5 Å². The quantitative estimate of drug-likeness (QED) is 0.577. The molecule has 0 aliphatic heterocycles. The Morgan fingerprint density at radius 3 is 1.39 bits per heavy atom. The number of phenolic OH excluding ortho intramolecular Hbond substituents is 2. The Kier molecular flexibility index (Phi) is 4.73. The van der Waals surface area contributed by atoms with E-state index in [1.54, 1.807) is 12.1 Å². The van der Waals surface area contributed by atoms with E-state index in [0.717, 1.165) is 36.8 Å². The molecule has 4 rings (SSSR count). The maximum Gasteiger partial charge on any atom is 0.200 e. The number of benzene rings is 2. The summed E-state index contributed by atoms with van der Waals surface area (Å²) in [6.07, 6.45) is 4.59. The first-order valence-electron chi connectivity index (χ1n) is 10.6. The molecule has 2 N–H and O–H groups in total. The third kappa shape index (κ3) is 3.21. The largest absolute Gasteiger partial charge is 0.507 e. The Morgan fingerprint density at radius 1 is 0.750 bits per heavy atom. The minimum atomic E-state index is -0.302. The summed E-state index contributed by atoms with van der Waals surface area (Å²) in [7, 11) is 0. The van der Waals surface area contributed by atoms with Crippen molar-refractivity contribution in [3.05, 3.63) is 57.6 Å². The molecule has 2 aromatic carbocycles. The third-order valence-electron chi connectivity index (χ3n) is 6.18. The highest BCUT2D eigenvalue weighted by Crippen LogP contribution is 2.48. The summed E-state index contributed by atoms with van der Waals surface area (Å²) in [5.41, 5.74) is 4.67. The zero-order valence-corrected chi connectivity index (χ0v) is 17.2. The van der Waals surface area contributed by atoms with Crippen LogP contribution in [0.4, 0.5) is 0 Å². The van der Waals surface area contributed by atoms with Crippen molar-refractivity contribution in [1.29, 1.82) is 0 Å². The lowest BCUT2D eigenvalue weighted by Crippen LogP contribution is -2.08. The number of ketones is 1. The minimum Gasteiger partial charge on any atom is -0.507 e. The molecule has 2 saturated carbocycles. The van der Waals surface area contributed by atoms with E-state index in [-0.39, 0.29) is 40.2 Å². The molecule has 0 unspecified atom stereocenters. The molecule has 3 heteroatoms. The summed E-state index contributed by atoms with van der Waals surface area (Å²) >= 11 is 0. The van der Waals surface area contributed by atoms with Gasteiger partial charge in [0.2, 0.25) is 0 Å². The van der Waals surface area contributed by atoms with E-state index in [4.69, 9.17) is 0 Å². The molecular weight excluding hydrogens is 348 g/mol. The number of aromatic hydroxyl groups is 2. The first-order chi connectivity index (χ1) is 13.3. The van der Waals surface area contributed by atoms with Crippen LogP contribution in [0.15, 0.2) is 24.3 Å². The molecule has 0 bridgehead atoms. The molecule has 0 aromatic heterocycles. The second kappa shape index (κ2) is 6.95. The van der Waals surface area contributed by atoms with Gasteiger partial charge >= 0.3 is 0 Å². The summed E-state index contributed by atoms with van der Waals surface area (Å²) in [5, 5.41) is 21.9. The first-order valence-corrected chi connectivity index (χ1v) is 10.6. The highest BCUT2D eigenvalue weighted by atomic mass is 16.3. The lowest BCUT2D eigenvalue weighted by Gasteiger charge is -2.19. The molecule has 2 aliphatic rings. The Balaban J connectivity index is 1.80. The molecule has 2 aromatic rings. The van der Waals surface area contributed by atoms with Crippen LogP contribution in [0.5, 0.6) is 11.5 Å². The van der Waals surface area contributed by atoms with Gasteiger partial charge in [-0.2, -0.15) is 0 Å². The van der Waals surface area contributed by atoms with Crippen LogP contribution in [0.25, 0.3) is 0 Å². The average Bonchev–Trinajstić information content (AvgIpc) is 3.53. The second-order valence-electron chi connectivity index (χ2n) is 9.12. The van der Waals surface area contributed by atoms with E-state index in [2.05, 4.69) is 0 Å². The van der Waals surface area contributed by atoms with E-state index < -0.39 is 0 Å². The first kappa shape index (κ1) is 19.0. The van der Waals surface area contributed by atoms with Crippen LogP contribution in [-0.2, 0) is 0 Å². The molecule has 0 atom stereocenters. The molecule has 28 heavy (non-hydrogen) atoms. The van der Waals surface area contributed by atoms with Crippen molar-refractivity contribution in [3.63, 3.8) is 0 Å². The fraction of sp³-hybridized carbons (Fsp3) is 0.480. The summed E-state index contributed by atoms with van der Waals surface area (Å²) in [6, 6.07) is 7.47. The third-order valence-corrected chi connectivity index (χ3v) is 6.18. The van der Waals surface area contributed by atoms with Gasteiger partial charge in [0.15, 0.2) is 5.78 Å². The molecule has 0 saturated heterocycles. The monoisotopic (exact) mass is 378 g/mol. The van der Waals surface area contributed by atoms with Gasteiger partial charge < -0.3 is 10.2 Å². The summed E-state index contributed by atoms with van der Waals surface area (Å²) < 4.78 is 0.